The summed E-state index contributed by atoms with van der Waals surface area (Å²) in [4.78, 5) is 0. The van der Waals surface area contributed by atoms with Gasteiger partial charge in [0.25, 0.3) is 0 Å². The lowest BCUT2D eigenvalue weighted by Gasteiger charge is -2.13. The summed E-state index contributed by atoms with van der Waals surface area (Å²) in [6, 6.07) is 2.06. The van der Waals surface area contributed by atoms with E-state index in [1.165, 1.54) is 6.26 Å². The van der Waals surface area contributed by atoms with Gasteiger partial charge in [-0.3, -0.25) is 0 Å². The fourth-order valence-corrected chi connectivity index (χ4v) is 2.19. The zero-order chi connectivity index (χ0) is 11.3. The van der Waals surface area contributed by atoms with Crippen molar-refractivity contribution in [1.29, 1.82) is 0 Å². The van der Waals surface area contributed by atoms with Crippen molar-refractivity contribution < 1.29 is 12.8 Å². The molecule has 15 heavy (non-hydrogen) atoms. The van der Waals surface area contributed by atoms with Gasteiger partial charge < -0.3 is 9.73 Å². The first-order chi connectivity index (χ1) is 7.03. The van der Waals surface area contributed by atoms with Crippen molar-refractivity contribution in [1.82, 2.24) is 5.32 Å². The number of rotatable bonds is 6. The van der Waals surface area contributed by atoms with Crippen LogP contribution in [0.5, 0.6) is 0 Å². The Balaban J connectivity index is 2.42. The molecule has 1 atom stereocenters. The minimum atomic E-state index is -2.85. The fourth-order valence-electron chi connectivity index (χ4n) is 1.50. The predicted molar refractivity (Wildman–Crippen MR) is 59.5 cm³/mol. The lowest BCUT2D eigenvalue weighted by Crippen LogP contribution is -2.17. The summed E-state index contributed by atoms with van der Waals surface area (Å²) in [7, 11) is -0.989. The Hall–Kier alpha value is -0.810. The molecule has 0 radical (unpaired) electrons. The monoisotopic (exact) mass is 231 g/mol. The highest BCUT2D eigenvalue weighted by Gasteiger charge is 2.11. The van der Waals surface area contributed by atoms with Gasteiger partial charge in [-0.15, -0.1) is 0 Å². The molecule has 1 heterocycles. The highest BCUT2D eigenvalue weighted by molar-refractivity contribution is 7.90. The van der Waals surface area contributed by atoms with E-state index in [9.17, 15) is 8.42 Å². The Kier molecular flexibility index (Phi) is 4.35. The molecule has 1 unspecified atom stereocenters. The molecular weight excluding hydrogens is 214 g/mol. The van der Waals surface area contributed by atoms with E-state index in [-0.39, 0.29) is 11.8 Å². The lowest BCUT2D eigenvalue weighted by atomic mass is 10.1. The maximum atomic E-state index is 10.9. The van der Waals surface area contributed by atoms with E-state index in [1.54, 1.807) is 12.5 Å². The van der Waals surface area contributed by atoms with E-state index in [2.05, 4.69) is 5.32 Å². The van der Waals surface area contributed by atoms with Gasteiger partial charge in [0, 0.05) is 23.6 Å². The maximum Gasteiger partial charge on any atom is 0.147 e. The van der Waals surface area contributed by atoms with Crippen molar-refractivity contribution in [3.8, 4) is 0 Å². The van der Waals surface area contributed by atoms with Gasteiger partial charge in [0.05, 0.1) is 12.5 Å². The zero-order valence-electron chi connectivity index (χ0n) is 9.06. The topological polar surface area (TPSA) is 59.3 Å². The van der Waals surface area contributed by atoms with Gasteiger partial charge in [0.15, 0.2) is 0 Å². The maximum absolute atomic E-state index is 10.9. The lowest BCUT2D eigenvalue weighted by molar-refractivity contribution is 0.517. The van der Waals surface area contributed by atoms with E-state index in [4.69, 9.17) is 4.42 Å². The van der Waals surface area contributed by atoms with Crippen LogP contribution in [0, 0.1) is 0 Å². The summed E-state index contributed by atoms with van der Waals surface area (Å²) in [5.74, 6) is 0.239. The van der Waals surface area contributed by atoms with E-state index in [0.717, 1.165) is 12.0 Å². The van der Waals surface area contributed by atoms with Crippen molar-refractivity contribution in [2.24, 2.45) is 0 Å². The molecular formula is C10H17NO3S. The highest BCUT2D eigenvalue weighted by Crippen LogP contribution is 2.18. The minimum absolute atomic E-state index is 0.172. The predicted octanol–water partition coefficient (Wildman–Crippen LogP) is 1.36. The van der Waals surface area contributed by atoms with Crippen molar-refractivity contribution in [2.45, 2.75) is 18.9 Å². The van der Waals surface area contributed by atoms with Crippen LogP contribution in [0.1, 0.15) is 24.4 Å². The third-order valence-corrected chi connectivity index (χ3v) is 3.33. The van der Waals surface area contributed by atoms with Gasteiger partial charge in [0.2, 0.25) is 0 Å². The van der Waals surface area contributed by atoms with Gasteiger partial charge in [-0.2, -0.15) is 0 Å². The van der Waals surface area contributed by atoms with Crippen LogP contribution in [-0.4, -0.2) is 27.5 Å². The normalized spacial score (nSPS) is 14.0. The highest BCUT2D eigenvalue weighted by atomic mass is 32.2. The number of nitrogens with one attached hydrogen (secondary N) is 1. The van der Waals surface area contributed by atoms with E-state index < -0.39 is 9.84 Å². The first-order valence-corrected chi connectivity index (χ1v) is 6.96. The van der Waals surface area contributed by atoms with Crippen molar-refractivity contribution >= 4 is 9.84 Å². The molecule has 86 valence electrons. The van der Waals surface area contributed by atoms with Gasteiger partial charge in [-0.1, -0.05) is 0 Å². The molecule has 0 aliphatic rings. The van der Waals surface area contributed by atoms with Gasteiger partial charge >= 0.3 is 0 Å². The summed E-state index contributed by atoms with van der Waals surface area (Å²) in [6.45, 7) is 0. The van der Waals surface area contributed by atoms with Crippen LogP contribution in [-0.2, 0) is 9.84 Å². The van der Waals surface area contributed by atoms with Gasteiger partial charge in [0.1, 0.15) is 9.84 Å². The SMILES string of the molecule is CNC(CCCS(C)(=O)=O)c1ccoc1. The molecule has 1 N–H and O–H groups in total. The molecule has 5 heteroatoms. The average Bonchev–Trinajstić information content (AvgIpc) is 2.63. The molecule has 0 spiro atoms. The number of furan rings is 1. The van der Waals surface area contributed by atoms with E-state index in [0.29, 0.717) is 6.42 Å². The Labute approximate surface area is 90.6 Å². The van der Waals surface area contributed by atoms with Gasteiger partial charge in [-0.25, -0.2) is 8.42 Å². The standard InChI is InChI=1S/C10H17NO3S/c1-11-10(9-5-6-14-8-9)4-3-7-15(2,12)13/h5-6,8,10-11H,3-4,7H2,1-2H3. The molecule has 0 saturated heterocycles. The first-order valence-electron chi connectivity index (χ1n) is 4.90. The summed E-state index contributed by atoms with van der Waals surface area (Å²) in [5.41, 5.74) is 1.06. The van der Waals surface area contributed by atoms with Crippen LogP contribution in [0.25, 0.3) is 0 Å². The molecule has 1 rings (SSSR count). The summed E-state index contributed by atoms with van der Waals surface area (Å²) in [6.07, 6.45) is 6.02. The Morgan fingerprint density at radius 2 is 2.27 bits per heavy atom. The average molecular weight is 231 g/mol. The first kappa shape index (κ1) is 12.3. The second kappa shape index (κ2) is 5.32. The molecule has 1 aromatic rings. The molecule has 0 aromatic carbocycles. The zero-order valence-corrected chi connectivity index (χ0v) is 9.88. The molecule has 0 amide bonds. The van der Waals surface area contributed by atoms with E-state index in [1.807, 2.05) is 13.1 Å². The molecule has 0 saturated carbocycles. The van der Waals surface area contributed by atoms with Crippen LogP contribution in [0.4, 0.5) is 0 Å². The summed E-state index contributed by atoms with van der Waals surface area (Å²) in [5, 5.41) is 3.14. The van der Waals surface area contributed by atoms with Crippen LogP contribution < -0.4 is 5.32 Å². The second-order valence-corrected chi connectivity index (χ2v) is 5.93. The van der Waals surface area contributed by atoms with Crippen LogP contribution in [0.15, 0.2) is 23.0 Å². The smallest absolute Gasteiger partial charge is 0.147 e. The van der Waals surface area contributed by atoms with Crippen LogP contribution in [0.2, 0.25) is 0 Å². The Morgan fingerprint density at radius 3 is 2.73 bits per heavy atom. The summed E-state index contributed by atoms with van der Waals surface area (Å²) < 4.78 is 26.9. The second-order valence-electron chi connectivity index (χ2n) is 3.67. The minimum Gasteiger partial charge on any atom is -0.472 e. The summed E-state index contributed by atoms with van der Waals surface area (Å²) >= 11 is 0. The van der Waals surface area contributed by atoms with Crippen molar-refractivity contribution in [3.63, 3.8) is 0 Å². The van der Waals surface area contributed by atoms with Crippen molar-refractivity contribution in [2.75, 3.05) is 19.1 Å². The number of sulfone groups is 1. The molecule has 0 aliphatic heterocycles. The molecule has 4 nitrogen and oxygen atoms in total. The third-order valence-electron chi connectivity index (χ3n) is 2.30. The number of hydrogen-bond donors (Lipinski definition) is 1. The quantitative estimate of drug-likeness (QED) is 0.803. The molecule has 0 bridgehead atoms. The van der Waals surface area contributed by atoms with Crippen LogP contribution in [0.3, 0.4) is 0 Å². The number of hydrogen-bond acceptors (Lipinski definition) is 4. The van der Waals surface area contributed by atoms with E-state index >= 15 is 0 Å². The third kappa shape index (κ3) is 4.48. The molecule has 0 fully saturated rings. The van der Waals surface area contributed by atoms with Gasteiger partial charge in [-0.05, 0) is 26.0 Å². The largest absolute Gasteiger partial charge is 0.472 e. The van der Waals surface area contributed by atoms with Crippen molar-refractivity contribution in [3.05, 3.63) is 24.2 Å². The Morgan fingerprint density at radius 1 is 1.53 bits per heavy atom. The van der Waals surface area contributed by atoms with Crippen LogP contribution >= 0.6 is 0 Å². The fraction of sp³-hybridized carbons (Fsp3) is 0.600. The molecule has 1 aromatic heterocycles. The molecule has 0 aliphatic carbocycles. The Bertz CT molecular complexity index is 369.